The van der Waals surface area contributed by atoms with Crippen molar-refractivity contribution in [3.8, 4) is 11.5 Å². The molecule has 1 aromatic heterocycles. The number of hydrogen-bond donors (Lipinski definition) is 1. The van der Waals surface area contributed by atoms with Crippen molar-refractivity contribution in [1.29, 1.82) is 0 Å². The van der Waals surface area contributed by atoms with Gasteiger partial charge in [0.1, 0.15) is 0 Å². The summed E-state index contributed by atoms with van der Waals surface area (Å²) in [7, 11) is 0. The number of aromatic amines is 1. The third-order valence-corrected chi connectivity index (χ3v) is 2.98. The molecular formula is C12H7BrN2O2. The summed E-state index contributed by atoms with van der Waals surface area (Å²) in [6.07, 6.45) is 0. The summed E-state index contributed by atoms with van der Waals surface area (Å²) in [5.74, 6) is -0.240. The van der Waals surface area contributed by atoms with Gasteiger partial charge in [-0.3, -0.25) is 0 Å². The molecule has 0 spiro atoms. The molecule has 0 radical (unpaired) electrons. The molecule has 0 aliphatic rings. The van der Waals surface area contributed by atoms with Gasteiger partial charge in [0.25, 0.3) is 0 Å². The molecule has 0 atom stereocenters. The van der Waals surface area contributed by atoms with Crippen LogP contribution in [0.1, 0.15) is 0 Å². The van der Waals surface area contributed by atoms with E-state index in [1.165, 1.54) is 0 Å². The first-order valence-electron chi connectivity index (χ1n) is 4.97. The number of benzene rings is 2. The van der Waals surface area contributed by atoms with Gasteiger partial charge in [-0.05, 0) is 35.0 Å². The number of hydrogen-bond acceptors (Lipinski definition) is 3. The van der Waals surface area contributed by atoms with Gasteiger partial charge in [0, 0.05) is 10.0 Å². The lowest BCUT2D eigenvalue weighted by atomic mass is 10.1. The predicted molar refractivity (Wildman–Crippen MR) is 67.8 cm³/mol. The van der Waals surface area contributed by atoms with E-state index in [9.17, 15) is 4.79 Å². The van der Waals surface area contributed by atoms with E-state index < -0.39 is 5.76 Å². The number of rotatable bonds is 1. The monoisotopic (exact) mass is 290 g/mol. The Bertz CT molecular complexity index is 745. The van der Waals surface area contributed by atoms with Gasteiger partial charge in [-0.2, -0.15) is 0 Å². The molecule has 0 aliphatic heterocycles. The molecule has 3 aromatic rings. The van der Waals surface area contributed by atoms with Gasteiger partial charge in [-0.1, -0.05) is 28.1 Å². The summed E-state index contributed by atoms with van der Waals surface area (Å²) in [6, 6.07) is 11.7. The Kier molecular flexibility index (Phi) is 2.33. The SMILES string of the molecule is O=c1[nH]nc(-c2ccc3cc(Br)ccc3c2)o1. The van der Waals surface area contributed by atoms with E-state index in [2.05, 4.69) is 26.1 Å². The van der Waals surface area contributed by atoms with Crippen LogP contribution in [0.4, 0.5) is 0 Å². The Balaban J connectivity index is 2.20. The van der Waals surface area contributed by atoms with E-state index >= 15 is 0 Å². The fraction of sp³-hybridized carbons (Fsp3) is 0. The molecule has 0 saturated heterocycles. The fourth-order valence-corrected chi connectivity index (χ4v) is 2.08. The molecule has 0 amide bonds. The fourth-order valence-electron chi connectivity index (χ4n) is 1.70. The zero-order chi connectivity index (χ0) is 11.8. The smallest absolute Gasteiger partial charge is 0.388 e. The van der Waals surface area contributed by atoms with Crippen molar-refractivity contribution in [3.63, 3.8) is 0 Å². The summed E-state index contributed by atoms with van der Waals surface area (Å²) in [5, 5.41) is 8.22. The second-order valence-electron chi connectivity index (χ2n) is 3.62. The minimum atomic E-state index is -0.545. The number of H-pyrrole nitrogens is 1. The van der Waals surface area contributed by atoms with Crippen molar-refractivity contribution in [2.24, 2.45) is 0 Å². The first-order valence-corrected chi connectivity index (χ1v) is 5.77. The average Bonchev–Trinajstić information content (AvgIpc) is 2.75. The predicted octanol–water partition coefficient (Wildman–Crippen LogP) is 2.95. The molecule has 4 nitrogen and oxygen atoms in total. The number of halogens is 1. The number of nitrogens with zero attached hydrogens (tertiary/aromatic N) is 1. The van der Waals surface area contributed by atoms with E-state index in [1.54, 1.807) is 0 Å². The second kappa shape index (κ2) is 3.85. The maximum Gasteiger partial charge on any atom is 0.434 e. The standard InChI is InChI=1S/C12H7BrN2O2/c13-10-4-3-7-5-9(2-1-8(7)6-10)11-14-15-12(16)17-11/h1-6H,(H,15,16). The Morgan fingerprint density at radius 2 is 1.88 bits per heavy atom. The maximum atomic E-state index is 10.9. The van der Waals surface area contributed by atoms with Gasteiger partial charge in [-0.15, -0.1) is 5.10 Å². The van der Waals surface area contributed by atoms with Crippen LogP contribution in [0.2, 0.25) is 0 Å². The van der Waals surface area contributed by atoms with Crippen molar-refractivity contribution >= 4 is 26.7 Å². The summed E-state index contributed by atoms with van der Waals surface area (Å²) in [6.45, 7) is 0. The van der Waals surface area contributed by atoms with Crippen LogP contribution in [0.25, 0.3) is 22.2 Å². The van der Waals surface area contributed by atoms with E-state index in [1.807, 2.05) is 36.4 Å². The van der Waals surface area contributed by atoms with Crippen LogP contribution >= 0.6 is 15.9 Å². The molecule has 17 heavy (non-hydrogen) atoms. The molecule has 0 bridgehead atoms. The van der Waals surface area contributed by atoms with Crippen LogP contribution in [0.15, 0.2) is 50.1 Å². The average molecular weight is 291 g/mol. The van der Waals surface area contributed by atoms with E-state index in [0.29, 0.717) is 5.89 Å². The van der Waals surface area contributed by atoms with Gasteiger partial charge in [0.15, 0.2) is 0 Å². The molecule has 0 saturated carbocycles. The molecule has 1 heterocycles. The molecule has 5 heteroatoms. The summed E-state index contributed by atoms with van der Waals surface area (Å²) >= 11 is 3.42. The Morgan fingerprint density at radius 3 is 2.65 bits per heavy atom. The van der Waals surface area contributed by atoms with Crippen LogP contribution < -0.4 is 5.76 Å². The topological polar surface area (TPSA) is 58.9 Å². The van der Waals surface area contributed by atoms with Crippen molar-refractivity contribution in [2.75, 3.05) is 0 Å². The van der Waals surface area contributed by atoms with Crippen molar-refractivity contribution in [3.05, 3.63) is 51.4 Å². The Labute approximate surface area is 104 Å². The molecule has 84 valence electrons. The first kappa shape index (κ1) is 10.3. The maximum absolute atomic E-state index is 10.9. The summed E-state index contributed by atoms with van der Waals surface area (Å²) in [5.41, 5.74) is 0.776. The minimum Gasteiger partial charge on any atom is -0.388 e. The molecule has 2 aromatic carbocycles. The van der Waals surface area contributed by atoms with Crippen LogP contribution in [0.3, 0.4) is 0 Å². The molecule has 3 rings (SSSR count). The third kappa shape index (κ3) is 1.89. The zero-order valence-corrected chi connectivity index (χ0v) is 10.2. The van der Waals surface area contributed by atoms with E-state index in [0.717, 1.165) is 20.8 Å². The van der Waals surface area contributed by atoms with E-state index in [-0.39, 0.29) is 0 Å². The Morgan fingerprint density at radius 1 is 1.12 bits per heavy atom. The van der Waals surface area contributed by atoms with Crippen molar-refractivity contribution in [2.45, 2.75) is 0 Å². The largest absolute Gasteiger partial charge is 0.434 e. The molecule has 1 N–H and O–H groups in total. The number of aromatic nitrogens is 2. The van der Waals surface area contributed by atoms with Gasteiger partial charge in [0.05, 0.1) is 0 Å². The minimum absolute atomic E-state index is 0.305. The van der Waals surface area contributed by atoms with Gasteiger partial charge >= 0.3 is 5.76 Å². The van der Waals surface area contributed by atoms with Gasteiger partial charge in [-0.25, -0.2) is 9.89 Å². The lowest BCUT2D eigenvalue weighted by Crippen LogP contribution is -1.93. The lowest BCUT2D eigenvalue weighted by molar-refractivity contribution is 0.527. The Hall–Kier alpha value is -1.88. The third-order valence-electron chi connectivity index (χ3n) is 2.49. The zero-order valence-electron chi connectivity index (χ0n) is 8.61. The number of fused-ring (bicyclic) bond motifs is 1. The highest BCUT2D eigenvalue weighted by Gasteiger charge is 2.05. The summed E-state index contributed by atoms with van der Waals surface area (Å²) in [4.78, 5) is 10.9. The van der Waals surface area contributed by atoms with Crippen LogP contribution in [0.5, 0.6) is 0 Å². The van der Waals surface area contributed by atoms with Gasteiger partial charge < -0.3 is 4.42 Å². The van der Waals surface area contributed by atoms with Crippen molar-refractivity contribution in [1.82, 2.24) is 10.2 Å². The van der Waals surface area contributed by atoms with Crippen LogP contribution in [-0.2, 0) is 0 Å². The molecule has 0 fully saturated rings. The quantitative estimate of drug-likeness (QED) is 0.750. The number of nitrogens with one attached hydrogen (secondary N) is 1. The second-order valence-corrected chi connectivity index (χ2v) is 4.54. The normalized spacial score (nSPS) is 10.9. The molecular weight excluding hydrogens is 284 g/mol. The summed E-state index contributed by atoms with van der Waals surface area (Å²) < 4.78 is 5.94. The first-order chi connectivity index (χ1) is 8.22. The van der Waals surface area contributed by atoms with Crippen LogP contribution in [-0.4, -0.2) is 10.2 Å². The molecule has 0 aliphatic carbocycles. The molecule has 0 unspecified atom stereocenters. The highest BCUT2D eigenvalue weighted by molar-refractivity contribution is 9.10. The van der Waals surface area contributed by atoms with Gasteiger partial charge in [0.2, 0.25) is 5.89 Å². The highest BCUT2D eigenvalue weighted by Crippen LogP contribution is 2.24. The van der Waals surface area contributed by atoms with Crippen LogP contribution in [0, 0.1) is 0 Å². The van der Waals surface area contributed by atoms with Crippen molar-refractivity contribution < 1.29 is 4.42 Å². The van der Waals surface area contributed by atoms with E-state index in [4.69, 9.17) is 4.42 Å². The highest BCUT2D eigenvalue weighted by atomic mass is 79.9. The lowest BCUT2D eigenvalue weighted by Gasteiger charge is -2.00.